The average molecular weight is 373 g/mol. The quantitative estimate of drug-likeness (QED) is 0.704. The standard InChI is InChI=1S/C17H22F3N3O3/c1-26-9-7-21-15(24)10-14-16(25)22-6-8-23(14)11-12-4-2-3-5-13(12)17(18,19)20/h2-5,14H,6-11H2,1H3,(H,21,24)(H,22,25)/t14-/m1/s1. The number of amides is 2. The molecular formula is C17H22F3N3O3. The zero-order chi connectivity index (χ0) is 19.2. The van der Waals surface area contributed by atoms with E-state index in [1.165, 1.54) is 25.3 Å². The fourth-order valence-corrected chi connectivity index (χ4v) is 2.87. The molecule has 1 fully saturated rings. The van der Waals surface area contributed by atoms with Gasteiger partial charge in [0.05, 0.1) is 24.6 Å². The van der Waals surface area contributed by atoms with Crippen LogP contribution in [-0.4, -0.2) is 56.1 Å². The number of halogens is 3. The molecule has 2 amide bonds. The van der Waals surface area contributed by atoms with Gasteiger partial charge in [-0.25, -0.2) is 0 Å². The lowest BCUT2D eigenvalue weighted by Crippen LogP contribution is -2.56. The van der Waals surface area contributed by atoms with E-state index >= 15 is 0 Å². The fourth-order valence-electron chi connectivity index (χ4n) is 2.87. The first-order valence-corrected chi connectivity index (χ1v) is 8.25. The predicted molar refractivity (Wildman–Crippen MR) is 88.2 cm³/mol. The number of ether oxygens (including phenoxy) is 1. The zero-order valence-corrected chi connectivity index (χ0v) is 14.4. The maximum Gasteiger partial charge on any atom is 0.416 e. The molecule has 6 nitrogen and oxygen atoms in total. The third-order valence-corrected chi connectivity index (χ3v) is 4.14. The smallest absolute Gasteiger partial charge is 0.383 e. The lowest BCUT2D eigenvalue weighted by atomic mass is 10.0. The maximum atomic E-state index is 13.2. The lowest BCUT2D eigenvalue weighted by molar-refractivity contribution is -0.139. The molecule has 1 saturated heterocycles. The Labute approximate surface area is 149 Å². The van der Waals surface area contributed by atoms with Gasteiger partial charge in [0, 0.05) is 33.3 Å². The highest BCUT2D eigenvalue weighted by Gasteiger charge is 2.36. The monoisotopic (exact) mass is 373 g/mol. The van der Waals surface area contributed by atoms with Crippen molar-refractivity contribution < 1.29 is 27.5 Å². The van der Waals surface area contributed by atoms with Crippen LogP contribution in [0.2, 0.25) is 0 Å². The summed E-state index contributed by atoms with van der Waals surface area (Å²) in [5.41, 5.74) is -0.645. The second kappa shape index (κ2) is 9.00. The first-order valence-electron chi connectivity index (χ1n) is 8.25. The molecule has 0 bridgehead atoms. The molecule has 144 valence electrons. The predicted octanol–water partition coefficient (Wildman–Crippen LogP) is 1.16. The molecule has 0 radical (unpaired) electrons. The van der Waals surface area contributed by atoms with E-state index in [4.69, 9.17) is 4.74 Å². The van der Waals surface area contributed by atoms with Gasteiger partial charge in [0.1, 0.15) is 0 Å². The summed E-state index contributed by atoms with van der Waals surface area (Å²) in [5.74, 6) is -0.708. The van der Waals surface area contributed by atoms with Crippen LogP contribution in [0.15, 0.2) is 24.3 Å². The number of hydrogen-bond donors (Lipinski definition) is 2. The van der Waals surface area contributed by atoms with Crippen LogP contribution in [0.4, 0.5) is 13.2 Å². The Morgan fingerprint density at radius 1 is 1.38 bits per heavy atom. The molecule has 1 aromatic carbocycles. The molecular weight excluding hydrogens is 351 g/mol. The van der Waals surface area contributed by atoms with Crippen molar-refractivity contribution in [1.82, 2.24) is 15.5 Å². The van der Waals surface area contributed by atoms with E-state index in [0.29, 0.717) is 26.2 Å². The van der Waals surface area contributed by atoms with Crippen LogP contribution in [0, 0.1) is 0 Å². The molecule has 0 aliphatic carbocycles. The summed E-state index contributed by atoms with van der Waals surface area (Å²) in [7, 11) is 1.50. The van der Waals surface area contributed by atoms with E-state index in [9.17, 15) is 22.8 Å². The Morgan fingerprint density at radius 3 is 2.81 bits per heavy atom. The molecule has 1 aliphatic rings. The first kappa shape index (κ1) is 20.2. The molecule has 1 aliphatic heterocycles. The Balaban J connectivity index is 2.11. The number of hydrogen-bond acceptors (Lipinski definition) is 4. The van der Waals surface area contributed by atoms with Crippen molar-refractivity contribution in [1.29, 1.82) is 0 Å². The van der Waals surface area contributed by atoms with Crippen LogP contribution in [0.3, 0.4) is 0 Å². The summed E-state index contributed by atoms with van der Waals surface area (Å²) in [5, 5.41) is 5.28. The maximum absolute atomic E-state index is 13.2. The van der Waals surface area contributed by atoms with Crippen LogP contribution < -0.4 is 10.6 Å². The van der Waals surface area contributed by atoms with Gasteiger partial charge in [-0.15, -0.1) is 0 Å². The highest BCUT2D eigenvalue weighted by atomic mass is 19.4. The van der Waals surface area contributed by atoms with Crippen molar-refractivity contribution in [3.05, 3.63) is 35.4 Å². The number of carbonyl (C=O) groups excluding carboxylic acids is 2. The van der Waals surface area contributed by atoms with Gasteiger partial charge in [0.15, 0.2) is 0 Å². The molecule has 2 N–H and O–H groups in total. The second-order valence-corrected chi connectivity index (χ2v) is 5.98. The number of carbonyl (C=O) groups is 2. The number of alkyl halides is 3. The van der Waals surface area contributed by atoms with E-state index in [0.717, 1.165) is 6.07 Å². The van der Waals surface area contributed by atoms with E-state index < -0.39 is 17.8 Å². The Kier molecular flexibility index (Phi) is 6.98. The highest BCUT2D eigenvalue weighted by molar-refractivity contribution is 5.88. The molecule has 0 spiro atoms. The Bertz CT molecular complexity index is 637. The van der Waals surface area contributed by atoms with Crippen molar-refractivity contribution in [2.75, 3.05) is 33.4 Å². The fraction of sp³-hybridized carbons (Fsp3) is 0.529. The molecule has 9 heteroatoms. The first-order chi connectivity index (χ1) is 12.3. The molecule has 1 heterocycles. The Hall–Kier alpha value is -2.13. The summed E-state index contributed by atoms with van der Waals surface area (Å²) < 4.78 is 44.4. The number of benzene rings is 1. The minimum atomic E-state index is -4.47. The van der Waals surface area contributed by atoms with E-state index in [-0.39, 0.29) is 30.3 Å². The van der Waals surface area contributed by atoms with Crippen molar-refractivity contribution in [2.24, 2.45) is 0 Å². The van der Waals surface area contributed by atoms with Crippen molar-refractivity contribution >= 4 is 11.8 Å². The van der Waals surface area contributed by atoms with Gasteiger partial charge in [0.2, 0.25) is 11.8 Å². The van der Waals surface area contributed by atoms with Crippen LogP contribution >= 0.6 is 0 Å². The van der Waals surface area contributed by atoms with E-state index in [1.54, 1.807) is 4.90 Å². The highest BCUT2D eigenvalue weighted by Crippen LogP contribution is 2.32. The van der Waals surface area contributed by atoms with Gasteiger partial charge in [-0.2, -0.15) is 13.2 Å². The van der Waals surface area contributed by atoms with Crippen molar-refractivity contribution in [3.63, 3.8) is 0 Å². The minimum absolute atomic E-state index is 0.0564. The summed E-state index contributed by atoms with van der Waals surface area (Å²) >= 11 is 0. The molecule has 0 aromatic heterocycles. The van der Waals surface area contributed by atoms with Gasteiger partial charge < -0.3 is 15.4 Å². The molecule has 1 atom stereocenters. The number of nitrogens with one attached hydrogen (secondary N) is 2. The van der Waals surface area contributed by atoms with Crippen molar-refractivity contribution in [2.45, 2.75) is 25.2 Å². The van der Waals surface area contributed by atoms with Gasteiger partial charge >= 0.3 is 6.18 Å². The average Bonchev–Trinajstić information content (AvgIpc) is 2.58. The summed E-state index contributed by atoms with van der Waals surface area (Å²) in [4.78, 5) is 25.8. The molecule has 2 rings (SSSR count). The Morgan fingerprint density at radius 2 is 2.12 bits per heavy atom. The van der Waals surface area contributed by atoms with E-state index in [1.807, 2.05) is 0 Å². The third kappa shape index (κ3) is 5.43. The SMILES string of the molecule is COCCNC(=O)C[C@@H]1C(=O)NCCN1Cc1ccccc1C(F)(F)F. The van der Waals surface area contributed by atoms with Gasteiger partial charge in [-0.3, -0.25) is 14.5 Å². The number of rotatable bonds is 7. The second-order valence-electron chi connectivity index (χ2n) is 5.98. The largest absolute Gasteiger partial charge is 0.416 e. The van der Waals surface area contributed by atoms with Gasteiger partial charge in [0.25, 0.3) is 0 Å². The molecule has 26 heavy (non-hydrogen) atoms. The summed E-state index contributed by atoms with van der Waals surface area (Å²) in [6.07, 6.45) is -4.59. The van der Waals surface area contributed by atoms with Crippen LogP contribution in [0.25, 0.3) is 0 Å². The lowest BCUT2D eigenvalue weighted by Gasteiger charge is -2.35. The number of piperazine rings is 1. The molecule has 0 saturated carbocycles. The van der Waals surface area contributed by atoms with Gasteiger partial charge in [-0.1, -0.05) is 18.2 Å². The van der Waals surface area contributed by atoms with Gasteiger partial charge in [-0.05, 0) is 11.6 Å². The zero-order valence-electron chi connectivity index (χ0n) is 14.4. The molecule has 1 aromatic rings. The number of methoxy groups -OCH3 is 1. The normalized spacial score (nSPS) is 18.5. The van der Waals surface area contributed by atoms with Crippen molar-refractivity contribution in [3.8, 4) is 0 Å². The summed E-state index contributed by atoms with van der Waals surface area (Å²) in [6.45, 7) is 1.29. The molecule has 0 unspecified atom stereocenters. The topological polar surface area (TPSA) is 70.7 Å². The number of nitrogens with zero attached hydrogens (tertiary/aromatic N) is 1. The third-order valence-electron chi connectivity index (χ3n) is 4.14. The van der Waals surface area contributed by atoms with E-state index in [2.05, 4.69) is 10.6 Å². The van der Waals surface area contributed by atoms with Crippen LogP contribution in [-0.2, 0) is 27.0 Å². The summed E-state index contributed by atoms with van der Waals surface area (Å²) in [6, 6.07) is 4.46. The van der Waals surface area contributed by atoms with Crippen LogP contribution in [0.1, 0.15) is 17.5 Å². The minimum Gasteiger partial charge on any atom is -0.383 e. The van der Waals surface area contributed by atoms with Crippen LogP contribution in [0.5, 0.6) is 0 Å².